The SMILES string of the molecule is Fc1ccc(C23CN(c4ncc(F)cn4)CC2CON3)nc1. The Labute approximate surface area is 125 Å². The molecular formula is C14H13F2N5O. The average Bonchev–Trinajstić information content (AvgIpc) is 3.06. The van der Waals surface area contributed by atoms with Gasteiger partial charge in [0.05, 0.1) is 30.9 Å². The molecule has 4 rings (SSSR count). The topological polar surface area (TPSA) is 63.2 Å². The highest BCUT2D eigenvalue weighted by molar-refractivity contribution is 5.38. The molecule has 2 aliphatic heterocycles. The molecular weight excluding hydrogens is 292 g/mol. The summed E-state index contributed by atoms with van der Waals surface area (Å²) >= 11 is 0. The molecule has 0 aliphatic carbocycles. The van der Waals surface area contributed by atoms with Crippen LogP contribution in [0.1, 0.15) is 5.69 Å². The number of halogens is 2. The number of hydroxylamine groups is 1. The van der Waals surface area contributed by atoms with Crippen LogP contribution in [0.4, 0.5) is 14.7 Å². The first-order valence-electron chi connectivity index (χ1n) is 6.91. The van der Waals surface area contributed by atoms with Crippen molar-refractivity contribution in [1.29, 1.82) is 0 Å². The maximum absolute atomic E-state index is 13.1. The van der Waals surface area contributed by atoms with Gasteiger partial charge in [-0.25, -0.2) is 18.7 Å². The number of rotatable bonds is 2. The number of hydrogen-bond donors (Lipinski definition) is 1. The van der Waals surface area contributed by atoms with Gasteiger partial charge < -0.3 is 9.74 Å². The second-order valence-corrected chi connectivity index (χ2v) is 5.52. The van der Waals surface area contributed by atoms with Gasteiger partial charge in [0.1, 0.15) is 11.4 Å². The molecule has 0 spiro atoms. The minimum absolute atomic E-state index is 0.124. The van der Waals surface area contributed by atoms with E-state index in [0.717, 1.165) is 12.4 Å². The Balaban J connectivity index is 1.67. The summed E-state index contributed by atoms with van der Waals surface area (Å²) in [6, 6.07) is 3.03. The largest absolute Gasteiger partial charge is 0.338 e. The minimum Gasteiger partial charge on any atom is -0.338 e. The standard InChI is InChI=1S/C14H13F2N5O/c15-10-1-2-12(17-3-10)14-8-21(6-9(14)7-22-20-14)13-18-4-11(16)5-19-13/h1-5,9,20H,6-8H2. The van der Waals surface area contributed by atoms with Gasteiger partial charge in [-0.2, -0.15) is 5.48 Å². The lowest BCUT2D eigenvalue weighted by Crippen LogP contribution is -2.44. The van der Waals surface area contributed by atoms with E-state index in [9.17, 15) is 8.78 Å². The van der Waals surface area contributed by atoms with Gasteiger partial charge in [-0.15, -0.1) is 0 Å². The summed E-state index contributed by atoms with van der Waals surface area (Å²) in [4.78, 5) is 19.6. The lowest BCUT2D eigenvalue weighted by molar-refractivity contribution is 0.0605. The molecule has 0 aromatic carbocycles. The van der Waals surface area contributed by atoms with Gasteiger partial charge in [0.2, 0.25) is 5.95 Å². The first-order valence-corrected chi connectivity index (χ1v) is 6.91. The third-order valence-corrected chi connectivity index (χ3v) is 4.19. The molecule has 4 heterocycles. The van der Waals surface area contributed by atoms with Gasteiger partial charge in [0.25, 0.3) is 0 Å². The van der Waals surface area contributed by atoms with Crippen molar-refractivity contribution < 1.29 is 13.6 Å². The van der Waals surface area contributed by atoms with Crippen molar-refractivity contribution in [2.75, 3.05) is 24.6 Å². The summed E-state index contributed by atoms with van der Waals surface area (Å²) < 4.78 is 26.1. The lowest BCUT2D eigenvalue weighted by Gasteiger charge is -2.26. The van der Waals surface area contributed by atoms with Crippen LogP contribution in [0, 0.1) is 17.6 Å². The molecule has 0 radical (unpaired) electrons. The highest BCUT2D eigenvalue weighted by Crippen LogP contribution is 2.40. The third kappa shape index (κ3) is 2.03. The van der Waals surface area contributed by atoms with E-state index >= 15 is 0 Å². The Bertz CT molecular complexity index is 681. The normalized spacial score (nSPS) is 27.2. The molecule has 114 valence electrons. The molecule has 1 N–H and O–H groups in total. The van der Waals surface area contributed by atoms with Gasteiger partial charge in [0.15, 0.2) is 5.82 Å². The molecule has 2 unspecified atom stereocenters. The highest BCUT2D eigenvalue weighted by Gasteiger charge is 2.53. The zero-order chi connectivity index (χ0) is 15.2. The Kier molecular flexibility index (Phi) is 3.02. The maximum Gasteiger partial charge on any atom is 0.225 e. The zero-order valence-electron chi connectivity index (χ0n) is 11.5. The second kappa shape index (κ2) is 4.92. The molecule has 2 fully saturated rings. The van der Waals surface area contributed by atoms with Gasteiger partial charge in [0, 0.05) is 19.0 Å². The molecule has 2 aliphatic rings. The third-order valence-electron chi connectivity index (χ3n) is 4.19. The summed E-state index contributed by atoms with van der Waals surface area (Å²) in [6.07, 6.45) is 3.48. The zero-order valence-corrected chi connectivity index (χ0v) is 11.5. The first kappa shape index (κ1) is 13.5. The van der Waals surface area contributed by atoms with E-state index in [4.69, 9.17) is 4.84 Å². The van der Waals surface area contributed by atoms with Gasteiger partial charge in [-0.3, -0.25) is 4.98 Å². The van der Waals surface area contributed by atoms with Crippen LogP contribution in [0.3, 0.4) is 0 Å². The van der Waals surface area contributed by atoms with Crippen LogP contribution < -0.4 is 10.4 Å². The molecule has 6 nitrogen and oxygen atoms in total. The Morgan fingerprint density at radius 3 is 2.64 bits per heavy atom. The first-order chi connectivity index (χ1) is 10.7. The highest BCUT2D eigenvalue weighted by atomic mass is 19.1. The van der Waals surface area contributed by atoms with E-state index < -0.39 is 11.4 Å². The van der Waals surface area contributed by atoms with Crippen LogP contribution >= 0.6 is 0 Å². The summed E-state index contributed by atoms with van der Waals surface area (Å²) in [5.41, 5.74) is 3.20. The van der Waals surface area contributed by atoms with Crippen LogP contribution in [0.2, 0.25) is 0 Å². The maximum atomic E-state index is 13.1. The predicted octanol–water partition coefficient (Wildman–Crippen LogP) is 1.02. The Morgan fingerprint density at radius 1 is 1.14 bits per heavy atom. The lowest BCUT2D eigenvalue weighted by atomic mass is 9.86. The van der Waals surface area contributed by atoms with E-state index in [-0.39, 0.29) is 11.7 Å². The summed E-state index contributed by atoms with van der Waals surface area (Å²) in [5, 5.41) is 0. The fraction of sp³-hybridized carbons (Fsp3) is 0.357. The van der Waals surface area contributed by atoms with Crippen molar-refractivity contribution in [2.24, 2.45) is 5.92 Å². The van der Waals surface area contributed by atoms with Crippen LogP contribution in [0.15, 0.2) is 30.7 Å². The summed E-state index contributed by atoms with van der Waals surface area (Å²) in [7, 11) is 0. The molecule has 2 aromatic heterocycles. The van der Waals surface area contributed by atoms with E-state index in [2.05, 4.69) is 20.4 Å². The Morgan fingerprint density at radius 2 is 1.91 bits per heavy atom. The molecule has 2 atom stereocenters. The van der Waals surface area contributed by atoms with Crippen LogP contribution in [-0.4, -0.2) is 34.6 Å². The van der Waals surface area contributed by atoms with E-state index in [1.54, 1.807) is 6.07 Å². The van der Waals surface area contributed by atoms with Crippen molar-refractivity contribution in [1.82, 2.24) is 20.4 Å². The van der Waals surface area contributed by atoms with Crippen molar-refractivity contribution in [3.05, 3.63) is 48.1 Å². The number of anilines is 1. The van der Waals surface area contributed by atoms with E-state index in [0.29, 0.717) is 31.3 Å². The van der Waals surface area contributed by atoms with Crippen LogP contribution in [0.5, 0.6) is 0 Å². The Hall–Kier alpha value is -2.19. The molecule has 22 heavy (non-hydrogen) atoms. The predicted molar refractivity (Wildman–Crippen MR) is 72.7 cm³/mol. The molecule has 2 saturated heterocycles. The molecule has 0 bridgehead atoms. The minimum atomic E-state index is -0.536. The van der Waals surface area contributed by atoms with Gasteiger partial charge >= 0.3 is 0 Å². The number of nitrogens with one attached hydrogen (secondary N) is 1. The van der Waals surface area contributed by atoms with Crippen molar-refractivity contribution >= 4 is 5.95 Å². The van der Waals surface area contributed by atoms with Crippen molar-refractivity contribution in [3.8, 4) is 0 Å². The fourth-order valence-electron chi connectivity index (χ4n) is 3.10. The molecule has 0 amide bonds. The van der Waals surface area contributed by atoms with Crippen molar-refractivity contribution in [2.45, 2.75) is 5.54 Å². The number of pyridine rings is 1. The molecule has 0 saturated carbocycles. The van der Waals surface area contributed by atoms with E-state index in [1.807, 2.05) is 4.90 Å². The van der Waals surface area contributed by atoms with E-state index in [1.165, 1.54) is 12.3 Å². The average molecular weight is 305 g/mol. The quantitative estimate of drug-likeness (QED) is 0.894. The smallest absolute Gasteiger partial charge is 0.225 e. The van der Waals surface area contributed by atoms with Crippen LogP contribution in [-0.2, 0) is 10.4 Å². The fourth-order valence-corrected chi connectivity index (χ4v) is 3.10. The van der Waals surface area contributed by atoms with Crippen LogP contribution in [0.25, 0.3) is 0 Å². The summed E-state index contributed by atoms with van der Waals surface area (Å²) in [5.74, 6) is -0.273. The summed E-state index contributed by atoms with van der Waals surface area (Å²) in [6.45, 7) is 1.68. The van der Waals surface area contributed by atoms with Gasteiger partial charge in [-0.1, -0.05) is 0 Å². The number of aromatic nitrogens is 3. The number of nitrogens with zero attached hydrogens (tertiary/aromatic N) is 4. The second-order valence-electron chi connectivity index (χ2n) is 5.52. The monoisotopic (exact) mass is 305 g/mol. The van der Waals surface area contributed by atoms with Crippen molar-refractivity contribution in [3.63, 3.8) is 0 Å². The number of hydrogen-bond acceptors (Lipinski definition) is 6. The molecule has 2 aromatic rings. The number of fused-ring (bicyclic) bond motifs is 1. The molecule has 8 heteroatoms. The van der Waals surface area contributed by atoms with Gasteiger partial charge in [-0.05, 0) is 12.1 Å².